The zero-order valence-electron chi connectivity index (χ0n) is 11.8. The first-order valence-corrected chi connectivity index (χ1v) is 7.31. The second kappa shape index (κ2) is 7.04. The van der Waals surface area contributed by atoms with E-state index in [4.69, 9.17) is 9.47 Å². The lowest BCUT2D eigenvalue weighted by atomic mass is 10.2. The molecule has 110 valence electrons. The van der Waals surface area contributed by atoms with Gasteiger partial charge >= 0.3 is 0 Å². The minimum atomic E-state index is -0.0114. The Hall–Kier alpha value is -2.14. The summed E-state index contributed by atoms with van der Waals surface area (Å²) >= 11 is 1.26. The number of ether oxygens (including phenoxy) is 2. The van der Waals surface area contributed by atoms with E-state index in [-0.39, 0.29) is 23.0 Å². The van der Waals surface area contributed by atoms with Crippen LogP contribution in [-0.2, 0) is 0 Å². The maximum atomic E-state index is 12.0. The van der Waals surface area contributed by atoms with Gasteiger partial charge in [0, 0.05) is 5.56 Å². The molecule has 21 heavy (non-hydrogen) atoms. The fraction of sp³-hybridized carbons (Fsp3) is 0.188. The van der Waals surface area contributed by atoms with E-state index >= 15 is 0 Å². The normalized spacial score (nSPS) is 10.2. The van der Waals surface area contributed by atoms with E-state index in [1.165, 1.54) is 26.0 Å². The van der Waals surface area contributed by atoms with Crippen LogP contribution in [0.15, 0.2) is 47.4 Å². The van der Waals surface area contributed by atoms with E-state index in [0.29, 0.717) is 16.2 Å². The molecule has 0 saturated carbocycles. The van der Waals surface area contributed by atoms with Crippen LogP contribution in [0, 0.1) is 0 Å². The fourth-order valence-corrected chi connectivity index (χ4v) is 2.71. The molecule has 0 amide bonds. The van der Waals surface area contributed by atoms with Crippen LogP contribution in [0.5, 0.6) is 17.2 Å². The van der Waals surface area contributed by atoms with Crippen LogP contribution in [0.4, 0.5) is 0 Å². The van der Waals surface area contributed by atoms with Crippen LogP contribution >= 0.6 is 11.8 Å². The van der Waals surface area contributed by atoms with Gasteiger partial charge in [-0.25, -0.2) is 0 Å². The van der Waals surface area contributed by atoms with Gasteiger partial charge in [-0.3, -0.25) is 4.79 Å². The van der Waals surface area contributed by atoms with Crippen molar-refractivity contribution in [3.8, 4) is 17.2 Å². The first-order chi connectivity index (χ1) is 10.2. The number of benzene rings is 2. The molecule has 5 heteroatoms. The summed E-state index contributed by atoms with van der Waals surface area (Å²) in [6.07, 6.45) is 0. The topological polar surface area (TPSA) is 55.8 Å². The van der Waals surface area contributed by atoms with Crippen LogP contribution in [0.1, 0.15) is 10.4 Å². The monoisotopic (exact) mass is 304 g/mol. The van der Waals surface area contributed by atoms with E-state index in [1.807, 2.05) is 18.2 Å². The maximum absolute atomic E-state index is 12.0. The van der Waals surface area contributed by atoms with Gasteiger partial charge in [0.1, 0.15) is 0 Å². The molecule has 4 nitrogen and oxygen atoms in total. The first-order valence-electron chi connectivity index (χ1n) is 6.32. The second-order valence-electron chi connectivity index (χ2n) is 4.23. The number of ketones is 1. The molecule has 0 unspecified atom stereocenters. The summed E-state index contributed by atoms with van der Waals surface area (Å²) in [5, 5.41) is 10.1. The van der Waals surface area contributed by atoms with Gasteiger partial charge in [-0.1, -0.05) is 30.3 Å². The van der Waals surface area contributed by atoms with Gasteiger partial charge in [0.25, 0.3) is 0 Å². The van der Waals surface area contributed by atoms with Crippen molar-refractivity contribution in [1.29, 1.82) is 0 Å². The molecule has 0 radical (unpaired) electrons. The number of carbonyl (C=O) groups is 1. The van der Waals surface area contributed by atoms with Crippen molar-refractivity contribution in [3.63, 3.8) is 0 Å². The molecule has 2 aromatic rings. The lowest BCUT2D eigenvalue weighted by Crippen LogP contribution is -2.02. The number of phenols is 1. The number of methoxy groups -OCH3 is 2. The van der Waals surface area contributed by atoms with E-state index in [2.05, 4.69) is 0 Å². The zero-order chi connectivity index (χ0) is 15.2. The Balaban J connectivity index is 2.12. The smallest absolute Gasteiger partial charge is 0.204 e. The number of aromatic hydroxyl groups is 1. The molecule has 0 spiro atoms. The van der Waals surface area contributed by atoms with Crippen molar-refractivity contribution < 1.29 is 19.4 Å². The summed E-state index contributed by atoms with van der Waals surface area (Å²) in [6, 6.07) is 12.5. The standard InChI is InChI=1S/C16H16O4S/c1-19-13-8-9-14(15(18)16(13)20-2)21-10-12(17)11-6-4-3-5-7-11/h3-9,18H,10H2,1-2H3. The number of hydrogen-bond acceptors (Lipinski definition) is 5. The van der Waals surface area contributed by atoms with Gasteiger partial charge in [0.05, 0.1) is 24.9 Å². The van der Waals surface area contributed by atoms with Crippen LogP contribution in [0.3, 0.4) is 0 Å². The SMILES string of the molecule is COc1ccc(SCC(=O)c2ccccc2)c(O)c1OC. The van der Waals surface area contributed by atoms with Crippen LogP contribution < -0.4 is 9.47 Å². The highest BCUT2D eigenvalue weighted by Gasteiger charge is 2.15. The lowest BCUT2D eigenvalue weighted by Gasteiger charge is -2.12. The van der Waals surface area contributed by atoms with E-state index in [0.717, 1.165) is 0 Å². The van der Waals surface area contributed by atoms with Gasteiger partial charge in [-0.2, -0.15) is 0 Å². The molecule has 0 aromatic heterocycles. The Morgan fingerprint density at radius 3 is 2.43 bits per heavy atom. The summed E-state index contributed by atoms with van der Waals surface area (Å²) in [4.78, 5) is 12.6. The summed E-state index contributed by atoms with van der Waals surface area (Å²) in [7, 11) is 2.96. The van der Waals surface area contributed by atoms with Crippen molar-refractivity contribution in [3.05, 3.63) is 48.0 Å². The van der Waals surface area contributed by atoms with Gasteiger partial charge in [-0.15, -0.1) is 11.8 Å². The van der Waals surface area contributed by atoms with Crippen LogP contribution in [-0.4, -0.2) is 30.9 Å². The summed E-state index contributed by atoms with van der Waals surface area (Å²) < 4.78 is 10.2. The van der Waals surface area contributed by atoms with Gasteiger partial charge < -0.3 is 14.6 Å². The van der Waals surface area contributed by atoms with E-state index in [1.54, 1.807) is 24.3 Å². The average molecular weight is 304 g/mol. The quantitative estimate of drug-likeness (QED) is 0.655. The van der Waals surface area contributed by atoms with Crippen molar-refractivity contribution in [2.75, 3.05) is 20.0 Å². The highest BCUT2D eigenvalue weighted by atomic mass is 32.2. The lowest BCUT2D eigenvalue weighted by molar-refractivity contribution is 0.102. The minimum absolute atomic E-state index is 0.00906. The molecule has 0 aliphatic rings. The zero-order valence-corrected chi connectivity index (χ0v) is 12.6. The van der Waals surface area contributed by atoms with Gasteiger partial charge in [0.2, 0.25) is 5.75 Å². The molecular formula is C16H16O4S. The highest BCUT2D eigenvalue weighted by Crippen LogP contribution is 2.43. The molecule has 0 atom stereocenters. The average Bonchev–Trinajstić information content (AvgIpc) is 2.53. The molecule has 0 bridgehead atoms. The molecule has 2 aromatic carbocycles. The largest absolute Gasteiger partial charge is 0.503 e. The summed E-state index contributed by atoms with van der Waals surface area (Å²) in [5.74, 6) is 0.966. The molecule has 2 rings (SSSR count). The number of thioether (sulfide) groups is 1. The van der Waals surface area contributed by atoms with Crippen LogP contribution in [0.2, 0.25) is 0 Å². The van der Waals surface area contributed by atoms with Gasteiger partial charge in [0.15, 0.2) is 17.3 Å². The molecular weight excluding hydrogens is 288 g/mol. The number of phenolic OH excluding ortho intramolecular Hbond substituents is 1. The molecule has 0 saturated heterocycles. The third-order valence-electron chi connectivity index (χ3n) is 2.94. The summed E-state index contributed by atoms with van der Waals surface area (Å²) in [6.45, 7) is 0. The number of hydrogen-bond donors (Lipinski definition) is 1. The number of carbonyl (C=O) groups excluding carboxylic acids is 1. The Morgan fingerprint density at radius 2 is 1.81 bits per heavy atom. The van der Waals surface area contributed by atoms with Crippen molar-refractivity contribution >= 4 is 17.5 Å². The highest BCUT2D eigenvalue weighted by molar-refractivity contribution is 8.00. The predicted molar refractivity (Wildman–Crippen MR) is 82.7 cm³/mol. The van der Waals surface area contributed by atoms with Crippen molar-refractivity contribution in [1.82, 2.24) is 0 Å². The molecule has 1 N–H and O–H groups in total. The third kappa shape index (κ3) is 3.49. The second-order valence-corrected chi connectivity index (χ2v) is 5.24. The Labute approximate surface area is 127 Å². The Morgan fingerprint density at radius 1 is 1.10 bits per heavy atom. The fourth-order valence-electron chi connectivity index (χ4n) is 1.86. The van der Waals surface area contributed by atoms with E-state index < -0.39 is 0 Å². The summed E-state index contributed by atoms with van der Waals surface area (Å²) in [5.41, 5.74) is 0.657. The van der Waals surface area contributed by atoms with E-state index in [9.17, 15) is 9.90 Å². The molecule has 0 fully saturated rings. The third-order valence-corrected chi connectivity index (χ3v) is 3.98. The number of Topliss-reactive ketones (excluding diaryl/α,β-unsaturated/α-hetero) is 1. The first kappa shape index (κ1) is 15.3. The van der Waals surface area contributed by atoms with Crippen molar-refractivity contribution in [2.24, 2.45) is 0 Å². The molecule has 0 aliphatic heterocycles. The predicted octanol–water partition coefficient (Wildman–Crippen LogP) is 3.38. The minimum Gasteiger partial charge on any atom is -0.503 e. The Kier molecular flexibility index (Phi) is 5.11. The van der Waals surface area contributed by atoms with Gasteiger partial charge in [-0.05, 0) is 12.1 Å². The molecule has 0 aliphatic carbocycles. The van der Waals surface area contributed by atoms with Crippen LogP contribution in [0.25, 0.3) is 0 Å². The molecule has 0 heterocycles. The number of rotatable bonds is 6. The Bertz CT molecular complexity index is 626. The van der Waals surface area contributed by atoms with Crippen molar-refractivity contribution in [2.45, 2.75) is 4.90 Å². The maximum Gasteiger partial charge on any atom is 0.204 e.